The highest BCUT2D eigenvalue weighted by molar-refractivity contribution is 7.20. The van der Waals surface area contributed by atoms with Gasteiger partial charge >= 0.3 is 17.8 Å². The van der Waals surface area contributed by atoms with Gasteiger partial charge in [-0.15, -0.1) is 11.3 Å². The molecule has 0 amide bonds. The van der Waals surface area contributed by atoms with Crippen LogP contribution in [-0.4, -0.2) is 28.3 Å². The molecule has 22 heavy (non-hydrogen) atoms. The van der Waals surface area contributed by atoms with Crippen LogP contribution in [0.5, 0.6) is 0 Å². The van der Waals surface area contributed by atoms with E-state index in [0.29, 0.717) is 0 Å². The average molecular weight is 336 g/mol. The van der Waals surface area contributed by atoms with Crippen LogP contribution in [0.4, 0.5) is 13.2 Å². The minimum Gasteiger partial charge on any atom is -0.462 e. The fraction of sp³-hybridized carbons (Fsp3) is 0.417. The topological polar surface area (TPSA) is 81.2 Å². The lowest BCUT2D eigenvalue weighted by atomic mass is 10.2. The Morgan fingerprint density at radius 3 is 2.55 bits per heavy atom. The van der Waals surface area contributed by atoms with Gasteiger partial charge in [0.2, 0.25) is 0 Å². The maximum absolute atomic E-state index is 12.5. The predicted octanol–water partition coefficient (Wildman–Crippen LogP) is 1.80. The van der Waals surface area contributed by atoms with Crippen LogP contribution in [0.2, 0.25) is 0 Å². The molecule has 2 rings (SSSR count). The highest BCUT2D eigenvalue weighted by atomic mass is 32.1. The smallest absolute Gasteiger partial charge is 0.406 e. The lowest BCUT2D eigenvalue weighted by Gasteiger charge is -2.08. The average Bonchev–Trinajstić information content (AvgIpc) is 2.71. The summed E-state index contributed by atoms with van der Waals surface area (Å²) in [5.41, 5.74) is -2.07. The molecule has 0 aromatic carbocycles. The Labute approximate surface area is 125 Å². The minimum atomic E-state index is -4.71. The van der Waals surface area contributed by atoms with Crippen molar-refractivity contribution in [2.45, 2.75) is 26.6 Å². The number of alkyl halides is 3. The van der Waals surface area contributed by atoms with E-state index < -0.39 is 29.9 Å². The third-order valence-corrected chi connectivity index (χ3v) is 4.06. The van der Waals surface area contributed by atoms with E-state index in [2.05, 4.69) is 4.98 Å². The van der Waals surface area contributed by atoms with Gasteiger partial charge in [0.25, 0.3) is 5.56 Å². The zero-order valence-electron chi connectivity index (χ0n) is 11.5. The Morgan fingerprint density at radius 1 is 1.36 bits per heavy atom. The number of rotatable bonds is 3. The Bertz CT molecular complexity index is 847. The van der Waals surface area contributed by atoms with Gasteiger partial charge in [-0.3, -0.25) is 14.3 Å². The molecule has 2 heterocycles. The Hall–Kier alpha value is -2.10. The van der Waals surface area contributed by atoms with Crippen molar-refractivity contribution in [3.63, 3.8) is 0 Å². The summed E-state index contributed by atoms with van der Waals surface area (Å²) < 4.78 is 42.2. The van der Waals surface area contributed by atoms with Crippen molar-refractivity contribution < 1.29 is 22.7 Å². The van der Waals surface area contributed by atoms with E-state index in [1.54, 1.807) is 6.92 Å². The van der Waals surface area contributed by atoms with Gasteiger partial charge in [0.15, 0.2) is 0 Å². The maximum Gasteiger partial charge on any atom is 0.406 e. The summed E-state index contributed by atoms with van der Waals surface area (Å²) in [5, 5.41) is -0.114. The number of hydrogen-bond donors (Lipinski definition) is 1. The number of aryl methyl sites for hydroxylation is 1. The highest BCUT2D eigenvalue weighted by Crippen LogP contribution is 2.27. The number of thiophene rings is 1. The van der Waals surface area contributed by atoms with Gasteiger partial charge < -0.3 is 4.74 Å². The molecule has 0 aliphatic heterocycles. The first kappa shape index (κ1) is 16.3. The van der Waals surface area contributed by atoms with Crippen molar-refractivity contribution in [2.24, 2.45) is 0 Å². The van der Waals surface area contributed by atoms with Crippen molar-refractivity contribution in [3.05, 3.63) is 31.3 Å². The molecule has 6 nitrogen and oxygen atoms in total. The number of nitrogens with zero attached hydrogens (tertiary/aromatic N) is 1. The quantitative estimate of drug-likeness (QED) is 0.867. The van der Waals surface area contributed by atoms with E-state index in [4.69, 9.17) is 4.74 Å². The van der Waals surface area contributed by atoms with Crippen LogP contribution in [-0.2, 0) is 11.3 Å². The summed E-state index contributed by atoms with van der Waals surface area (Å²) in [6.45, 7) is 1.43. The monoisotopic (exact) mass is 336 g/mol. The predicted molar refractivity (Wildman–Crippen MR) is 73.5 cm³/mol. The Kier molecular flexibility index (Phi) is 4.14. The molecular formula is C12H11F3N2O4S. The number of carbonyl (C=O) groups excluding carboxylic acids is 1. The Morgan fingerprint density at radius 2 is 2.00 bits per heavy atom. The number of ether oxygens (including phenoxy) is 1. The molecule has 0 aliphatic carbocycles. The minimum absolute atomic E-state index is 0.0500. The van der Waals surface area contributed by atoms with Crippen LogP contribution in [0.3, 0.4) is 0 Å². The van der Waals surface area contributed by atoms with Crippen LogP contribution in [0, 0.1) is 6.92 Å². The fourth-order valence-corrected chi connectivity index (χ4v) is 3.05. The van der Waals surface area contributed by atoms with Gasteiger partial charge in [-0.25, -0.2) is 9.59 Å². The molecule has 2 aromatic rings. The second kappa shape index (κ2) is 5.59. The van der Waals surface area contributed by atoms with Crippen molar-refractivity contribution in [3.8, 4) is 0 Å². The molecule has 0 saturated heterocycles. The molecule has 0 aliphatic rings. The van der Waals surface area contributed by atoms with Crippen LogP contribution in [0.25, 0.3) is 10.2 Å². The van der Waals surface area contributed by atoms with E-state index in [1.165, 1.54) is 6.92 Å². The SMILES string of the molecule is CCOC(=O)c1sc2[nH]c(=O)n(CC(F)(F)F)c(=O)c2c1C. The number of esters is 1. The van der Waals surface area contributed by atoms with E-state index in [-0.39, 0.29) is 31.8 Å². The number of fused-ring (bicyclic) bond motifs is 1. The molecule has 0 radical (unpaired) electrons. The molecule has 120 valence electrons. The van der Waals surface area contributed by atoms with Crippen molar-refractivity contribution in [2.75, 3.05) is 6.61 Å². The standard InChI is InChI=1S/C12H11F3N2O4S/c1-3-21-10(19)7-5(2)6-8(22-7)16-11(20)17(9(6)18)4-12(13,14)15/h3-4H2,1-2H3,(H,16,20). The molecule has 0 fully saturated rings. The second-order valence-corrected chi connectivity index (χ2v) is 5.44. The molecule has 0 spiro atoms. The summed E-state index contributed by atoms with van der Waals surface area (Å²) in [5.74, 6) is -0.691. The zero-order chi connectivity index (χ0) is 16.7. The molecule has 10 heteroatoms. The first-order valence-electron chi connectivity index (χ1n) is 6.15. The van der Waals surface area contributed by atoms with Gasteiger partial charge in [0.1, 0.15) is 16.3 Å². The molecule has 2 aromatic heterocycles. The normalized spacial score (nSPS) is 11.9. The van der Waals surface area contributed by atoms with E-state index in [1.807, 2.05) is 0 Å². The number of carbonyl (C=O) groups is 1. The number of nitrogens with one attached hydrogen (secondary N) is 1. The number of hydrogen-bond acceptors (Lipinski definition) is 5. The van der Waals surface area contributed by atoms with Crippen LogP contribution >= 0.6 is 11.3 Å². The number of aromatic nitrogens is 2. The summed E-state index contributed by atoms with van der Waals surface area (Å²) in [4.78, 5) is 37.9. The highest BCUT2D eigenvalue weighted by Gasteiger charge is 2.31. The molecule has 0 unspecified atom stereocenters. The third-order valence-electron chi connectivity index (χ3n) is 2.87. The van der Waals surface area contributed by atoms with Crippen molar-refractivity contribution in [1.29, 1.82) is 0 Å². The lowest BCUT2D eigenvalue weighted by Crippen LogP contribution is -2.39. The third kappa shape index (κ3) is 2.91. The van der Waals surface area contributed by atoms with Gasteiger partial charge in [-0.1, -0.05) is 0 Å². The summed E-state index contributed by atoms with van der Waals surface area (Å²) in [6.07, 6.45) is -4.71. The fourth-order valence-electron chi connectivity index (χ4n) is 1.97. The largest absolute Gasteiger partial charge is 0.462 e. The first-order chi connectivity index (χ1) is 10.2. The van der Waals surface area contributed by atoms with E-state index >= 15 is 0 Å². The van der Waals surface area contributed by atoms with Crippen molar-refractivity contribution in [1.82, 2.24) is 9.55 Å². The summed E-state index contributed by atoms with van der Waals surface area (Å²) in [7, 11) is 0. The number of halogens is 3. The van der Waals surface area contributed by atoms with E-state index in [9.17, 15) is 27.6 Å². The number of H-pyrrole nitrogens is 1. The summed E-state index contributed by atoms with van der Waals surface area (Å²) >= 11 is 0.802. The number of aromatic amines is 1. The molecule has 1 N–H and O–H groups in total. The second-order valence-electron chi connectivity index (χ2n) is 4.42. The van der Waals surface area contributed by atoms with Gasteiger partial charge in [-0.05, 0) is 19.4 Å². The molecule has 0 atom stereocenters. The first-order valence-corrected chi connectivity index (χ1v) is 6.97. The van der Waals surface area contributed by atoms with Crippen LogP contribution < -0.4 is 11.2 Å². The maximum atomic E-state index is 12.5. The lowest BCUT2D eigenvalue weighted by molar-refractivity contribution is -0.141. The van der Waals surface area contributed by atoms with Gasteiger partial charge in [0.05, 0.1) is 12.0 Å². The molecule has 0 saturated carbocycles. The zero-order valence-corrected chi connectivity index (χ0v) is 12.4. The summed E-state index contributed by atoms with van der Waals surface area (Å²) in [6, 6.07) is 0. The van der Waals surface area contributed by atoms with E-state index in [0.717, 1.165) is 11.3 Å². The molecular weight excluding hydrogens is 325 g/mol. The Balaban J connectivity index is 2.70. The van der Waals surface area contributed by atoms with Crippen molar-refractivity contribution >= 4 is 27.5 Å². The van der Waals surface area contributed by atoms with Gasteiger partial charge in [-0.2, -0.15) is 13.2 Å². The van der Waals surface area contributed by atoms with Gasteiger partial charge in [0, 0.05) is 0 Å². The molecule has 0 bridgehead atoms. The van der Waals surface area contributed by atoms with Crippen LogP contribution in [0.1, 0.15) is 22.2 Å². The van der Waals surface area contributed by atoms with Crippen LogP contribution in [0.15, 0.2) is 9.59 Å².